The first-order chi connectivity index (χ1) is 8.25. The summed E-state index contributed by atoms with van der Waals surface area (Å²) in [6.45, 7) is 2.00. The predicted octanol–water partition coefficient (Wildman–Crippen LogP) is 2.64. The number of carbonyl (C=O) groups is 1. The molecule has 2 heteroatoms. The minimum Gasteiger partial charge on any atom is -0.289 e. The number of carbonyl (C=O) groups excluding carboxylic acids is 1. The third-order valence-electron chi connectivity index (χ3n) is 2.47. The number of aromatic nitrogens is 1. The zero-order valence-electron chi connectivity index (χ0n) is 9.71. The topological polar surface area (TPSA) is 20.9 Å². The lowest BCUT2D eigenvalue weighted by atomic mass is 10.1. The molecule has 0 radical (unpaired) electrons. The van der Waals surface area contributed by atoms with Crippen LogP contribution in [0.2, 0.25) is 0 Å². The molecule has 0 saturated carbocycles. The molecule has 0 unspecified atom stereocenters. The van der Waals surface area contributed by atoms with Gasteiger partial charge in [-0.05, 0) is 6.92 Å². The van der Waals surface area contributed by atoms with E-state index < -0.39 is 0 Å². The predicted molar refractivity (Wildman–Crippen MR) is 67.5 cm³/mol. The van der Waals surface area contributed by atoms with Gasteiger partial charge in [-0.15, -0.1) is 0 Å². The standard InChI is InChI=1S/C15H14NO/c1-13-5-7-14(8-6-13)15(17)9-12-16-10-3-2-4-11-16/h2-12H,1H3/q+1. The zero-order chi connectivity index (χ0) is 12.1. The van der Waals surface area contributed by atoms with Gasteiger partial charge in [0.05, 0.1) is 6.08 Å². The summed E-state index contributed by atoms with van der Waals surface area (Å²) in [7, 11) is 0. The van der Waals surface area contributed by atoms with Gasteiger partial charge in [-0.3, -0.25) is 4.79 Å². The Morgan fingerprint density at radius 1 is 1.06 bits per heavy atom. The maximum Gasteiger partial charge on any atom is 0.191 e. The highest BCUT2D eigenvalue weighted by Gasteiger charge is 2.02. The molecule has 2 aromatic rings. The van der Waals surface area contributed by atoms with Crippen LogP contribution in [0.3, 0.4) is 0 Å². The number of nitrogens with zero attached hydrogens (tertiary/aromatic N) is 1. The molecule has 0 bridgehead atoms. The van der Waals surface area contributed by atoms with E-state index in [-0.39, 0.29) is 5.78 Å². The van der Waals surface area contributed by atoms with E-state index >= 15 is 0 Å². The maximum atomic E-state index is 11.8. The monoisotopic (exact) mass is 224 g/mol. The largest absolute Gasteiger partial charge is 0.289 e. The van der Waals surface area contributed by atoms with Crippen molar-refractivity contribution in [1.82, 2.24) is 0 Å². The van der Waals surface area contributed by atoms with Crippen molar-refractivity contribution in [1.29, 1.82) is 0 Å². The Morgan fingerprint density at radius 3 is 2.35 bits per heavy atom. The van der Waals surface area contributed by atoms with Crippen LogP contribution in [-0.4, -0.2) is 5.78 Å². The van der Waals surface area contributed by atoms with Gasteiger partial charge in [0.1, 0.15) is 0 Å². The SMILES string of the molecule is Cc1ccc(C(=O)C=C[n+]2ccccc2)cc1. The van der Waals surface area contributed by atoms with Crippen molar-refractivity contribution < 1.29 is 9.36 Å². The van der Waals surface area contributed by atoms with E-state index in [9.17, 15) is 4.79 Å². The van der Waals surface area contributed by atoms with E-state index in [2.05, 4.69) is 0 Å². The first-order valence-electron chi connectivity index (χ1n) is 5.51. The molecule has 0 aliphatic heterocycles. The number of ketones is 1. The second-order valence-corrected chi connectivity index (χ2v) is 3.87. The van der Waals surface area contributed by atoms with E-state index in [1.54, 1.807) is 12.3 Å². The second-order valence-electron chi connectivity index (χ2n) is 3.87. The Morgan fingerprint density at radius 2 is 1.71 bits per heavy atom. The molecule has 0 atom stereocenters. The van der Waals surface area contributed by atoms with Crippen molar-refractivity contribution in [2.75, 3.05) is 0 Å². The third-order valence-corrected chi connectivity index (χ3v) is 2.47. The van der Waals surface area contributed by atoms with Crippen LogP contribution in [-0.2, 0) is 0 Å². The molecule has 0 aliphatic rings. The van der Waals surface area contributed by atoms with Crippen LogP contribution in [0.5, 0.6) is 0 Å². The van der Waals surface area contributed by atoms with Crippen molar-refractivity contribution >= 4 is 12.0 Å². The lowest BCUT2D eigenvalue weighted by molar-refractivity contribution is -0.568. The molecular weight excluding hydrogens is 210 g/mol. The smallest absolute Gasteiger partial charge is 0.191 e. The van der Waals surface area contributed by atoms with Gasteiger partial charge in [0, 0.05) is 17.7 Å². The van der Waals surface area contributed by atoms with Gasteiger partial charge in [-0.2, -0.15) is 4.57 Å². The number of allylic oxidation sites excluding steroid dienone is 1. The average molecular weight is 224 g/mol. The van der Waals surface area contributed by atoms with Crippen LogP contribution in [0, 0.1) is 6.92 Å². The van der Waals surface area contributed by atoms with Crippen LogP contribution in [0.1, 0.15) is 15.9 Å². The van der Waals surface area contributed by atoms with Crippen molar-refractivity contribution in [3.63, 3.8) is 0 Å². The summed E-state index contributed by atoms with van der Waals surface area (Å²) in [4.78, 5) is 11.8. The first kappa shape index (κ1) is 11.3. The normalized spacial score (nSPS) is 10.6. The van der Waals surface area contributed by atoms with Crippen molar-refractivity contribution in [2.45, 2.75) is 6.92 Å². The van der Waals surface area contributed by atoms with E-state index in [4.69, 9.17) is 0 Å². The molecule has 0 fully saturated rings. The van der Waals surface area contributed by atoms with E-state index in [1.165, 1.54) is 0 Å². The molecule has 0 saturated heterocycles. The lowest BCUT2D eigenvalue weighted by Crippen LogP contribution is -2.23. The lowest BCUT2D eigenvalue weighted by Gasteiger charge is -1.95. The van der Waals surface area contributed by atoms with Crippen molar-refractivity contribution in [2.24, 2.45) is 0 Å². The summed E-state index contributed by atoms with van der Waals surface area (Å²) >= 11 is 0. The molecular formula is C15H14NO+. The molecule has 0 N–H and O–H groups in total. The highest BCUT2D eigenvalue weighted by Crippen LogP contribution is 2.04. The second kappa shape index (κ2) is 5.21. The van der Waals surface area contributed by atoms with Crippen molar-refractivity contribution in [3.05, 3.63) is 72.1 Å². The first-order valence-corrected chi connectivity index (χ1v) is 5.51. The minimum absolute atomic E-state index is 0.0151. The number of hydrogen-bond acceptors (Lipinski definition) is 1. The molecule has 0 aliphatic carbocycles. The number of aryl methyl sites for hydroxylation is 1. The van der Waals surface area contributed by atoms with Crippen LogP contribution in [0.25, 0.3) is 6.20 Å². The molecule has 1 aromatic heterocycles. The summed E-state index contributed by atoms with van der Waals surface area (Å²) in [5, 5.41) is 0. The fraction of sp³-hybridized carbons (Fsp3) is 0.0667. The molecule has 1 aromatic carbocycles. The molecule has 0 amide bonds. The number of benzene rings is 1. The zero-order valence-corrected chi connectivity index (χ0v) is 9.71. The van der Waals surface area contributed by atoms with Gasteiger partial charge in [-0.1, -0.05) is 35.9 Å². The Labute approximate surface area is 101 Å². The van der Waals surface area contributed by atoms with Gasteiger partial charge < -0.3 is 0 Å². The summed E-state index contributed by atoms with van der Waals surface area (Å²) in [6.07, 6.45) is 7.10. The van der Waals surface area contributed by atoms with Crippen LogP contribution in [0.15, 0.2) is 60.9 Å². The molecule has 1 heterocycles. The quantitative estimate of drug-likeness (QED) is 0.446. The van der Waals surface area contributed by atoms with Crippen LogP contribution >= 0.6 is 0 Å². The fourth-order valence-electron chi connectivity index (χ4n) is 1.48. The third kappa shape index (κ3) is 3.11. The Bertz CT molecular complexity index is 527. The van der Waals surface area contributed by atoms with Crippen LogP contribution < -0.4 is 4.57 Å². The van der Waals surface area contributed by atoms with Gasteiger partial charge in [-0.25, -0.2) is 0 Å². The fourth-order valence-corrected chi connectivity index (χ4v) is 1.48. The number of rotatable bonds is 3. The molecule has 84 valence electrons. The minimum atomic E-state index is 0.0151. The van der Waals surface area contributed by atoms with Gasteiger partial charge >= 0.3 is 0 Å². The molecule has 17 heavy (non-hydrogen) atoms. The Balaban J connectivity index is 2.12. The number of pyridine rings is 1. The van der Waals surface area contributed by atoms with E-state index in [1.807, 2.05) is 66.3 Å². The van der Waals surface area contributed by atoms with E-state index in [0.717, 1.165) is 5.56 Å². The molecule has 2 nitrogen and oxygen atoms in total. The summed E-state index contributed by atoms with van der Waals surface area (Å²) in [5.74, 6) is 0.0151. The van der Waals surface area contributed by atoms with Gasteiger partial charge in [0.15, 0.2) is 24.4 Å². The highest BCUT2D eigenvalue weighted by molar-refractivity contribution is 6.05. The molecule has 0 spiro atoms. The average Bonchev–Trinajstić information content (AvgIpc) is 2.38. The molecule has 2 rings (SSSR count). The van der Waals surface area contributed by atoms with Crippen molar-refractivity contribution in [3.8, 4) is 0 Å². The highest BCUT2D eigenvalue weighted by atomic mass is 16.1. The maximum absolute atomic E-state index is 11.8. The summed E-state index contributed by atoms with van der Waals surface area (Å²) in [6, 6.07) is 13.3. The van der Waals surface area contributed by atoms with E-state index in [0.29, 0.717) is 5.56 Å². The van der Waals surface area contributed by atoms with Gasteiger partial charge in [0.25, 0.3) is 0 Å². The summed E-state index contributed by atoms with van der Waals surface area (Å²) < 4.78 is 1.84. The Kier molecular flexibility index (Phi) is 3.46. The Hall–Kier alpha value is -2.22. The van der Waals surface area contributed by atoms with Gasteiger partial charge in [0.2, 0.25) is 0 Å². The van der Waals surface area contributed by atoms with Crippen LogP contribution in [0.4, 0.5) is 0 Å². The summed E-state index contributed by atoms with van der Waals surface area (Å²) in [5.41, 5.74) is 1.87. The number of hydrogen-bond donors (Lipinski definition) is 0.